The van der Waals surface area contributed by atoms with Crippen LogP contribution in [0.1, 0.15) is 23.0 Å². The van der Waals surface area contributed by atoms with E-state index in [1.165, 1.54) is 0 Å². The van der Waals surface area contributed by atoms with Crippen LogP contribution in [0.5, 0.6) is 0 Å². The number of carbonyl (C=O) groups excluding carboxylic acids is 1. The summed E-state index contributed by atoms with van der Waals surface area (Å²) < 4.78 is 0.721. The second-order valence-electron chi connectivity index (χ2n) is 4.13. The molecule has 0 unspecified atom stereocenters. The molecule has 0 radical (unpaired) electrons. The van der Waals surface area contributed by atoms with Gasteiger partial charge in [0.25, 0.3) is 5.91 Å². The number of hydrogen-bond acceptors (Lipinski definition) is 3. The monoisotopic (exact) mass is 353 g/mol. The summed E-state index contributed by atoms with van der Waals surface area (Å²) in [6.45, 7) is 2.93. The summed E-state index contributed by atoms with van der Waals surface area (Å²) in [7, 11) is 0. The van der Waals surface area contributed by atoms with E-state index in [4.69, 9.17) is 11.6 Å². The summed E-state index contributed by atoms with van der Waals surface area (Å²) in [4.78, 5) is 22.4. The fourth-order valence-corrected chi connectivity index (χ4v) is 2.27. The molecule has 0 aromatic carbocycles. The molecule has 2 aromatic heterocycles. The van der Waals surface area contributed by atoms with E-state index >= 15 is 0 Å². The van der Waals surface area contributed by atoms with Crippen molar-refractivity contribution in [1.82, 2.24) is 14.9 Å². The molecule has 0 atom stereocenters. The lowest BCUT2D eigenvalue weighted by Crippen LogP contribution is -2.31. The fraction of sp³-hybridized carbons (Fsp3) is 0.214. The van der Waals surface area contributed by atoms with Crippen LogP contribution < -0.4 is 0 Å². The second-order valence-corrected chi connectivity index (χ2v) is 5.41. The molecule has 0 N–H and O–H groups in total. The van der Waals surface area contributed by atoms with Crippen LogP contribution in [0, 0.1) is 0 Å². The van der Waals surface area contributed by atoms with E-state index in [0.29, 0.717) is 18.7 Å². The standard InChI is InChI=1S/C14H13BrClN3O/c1-2-19(9-11-5-3-4-6-17-11)14(20)12-7-10(15)8-18-13(12)16/h3-8H,2,9H2,1H3. The van der Waals surface area contributed by atoms with Gasteiger partial charge in [0.15, 0.2) is 0 Å². The van der Waals surface area contributed by atoms with Gasteiger partial charge in [-0.05, 0) is 41.1 Å². The number of halogens is 2. The van der Waals surface area contributed by atoms with Gasteiger partial charge in [0.1, 0.15) is 5.15 Å². The van der Waals surface area contributed by atoms with Gasteiger partial charge in [-0.1, -0.05) is 17.7 Å². The third-order valence-electron chi connectivity index (χ3n) is 2.78. The Balaban J connectivity index is 2.23. The first kappa shape index (κ1) is 14.9. The zero-order valence-corrected chi connectivity index (χ0v) is 13.2. The van der Waals surface area contributed by atoms with Gasteiger partial charge in [-0.15, -0.1) is 0 Å². The third-order valence-corrected chi connectivity index (χ3v) is 3.52. The molecule has 2 rings (SSSR count). The highest BCUT2D eigenvalue weighted by molar-refractivity contribution is 9.10. The molecule has 0 aliphatic rings. The summed E-state index contributed by atoms with van der Waals surface area (Å²) in [5, 5.41) is 0.206. The molecule has 1 amide bonds. The molecule has 2 aromatic rings. The van der Waals surface area contributed by atoms with Crippen molar-refractivity contribution >= 4 is 33.4 Å². The lowest BCUT2D eigenvalue weighted by atomic mass is 10.2. The fourth-order valence-electron chi connectivity index (χ4n) is 1.76. The van der Waals surface area contributed by atoms with Crippen molar-refractivity contribution in [2.24, 2.45) is 0 Å². The Morgan fingerprint density at radius 1 is 1.40 bits per heavy atom. The topological polar surface area (TPSA) is 46.1 Å². The zero-order valence-electron chi connectivity index (χ0n) is 10.9. The van der Waals surface area contributed by atoms with Crippen molar-refractivity contribution in [3.63, 3.8) is 0 Å². The minimum absolute atomic E-state index is 0.156. The minimum atomic E-state index is -0.156. The second kappa shape index (κ2) is 6.81. The van der Waals surface area contributed by atoms with Crippen molar-refractivity contribution in [2.75, 3.05) is 6.54 Å². The normalized spacial score (nSPS) is 10.3. The lowest BCUT2D eigenvalue weighted by molar-refractivity contribution is 0.0750. The van der Waals surface area contributed by atoms with Gasteiger partial charge < -0.3 is 4.90 Å². The van der Waals surface area contributed by atoms with Gasteiger partial charge in [-0.2, -0.15) is 0 Å². The van der Waals surface area contributed by atoms with E-state index < -0.39 is 0 Å². The maximum atomic E-state index is 12.5. The Bertz CT molecular complexity index is 607. The van der Waals surface area contributed by atoms with Crippen molar-refractivity contribution in [3.8, 4) is 0 Å². The molecule has 2 heterocycles. The molecule has 20 heavy (non-hydrogen) atoms. The van der Waals surface area contributed by atoms with Gasteiger partial charge >= 0.3 is 0 Å². The van der Waals surface area contributed by atoms with E-state index in [1.807, 2.05) is 25.1 Å². The van der Waals surface area contributed by atoms with Crippen LogP contribution in [0.15, 0.2) is 41.1 Å². The molecule has 4 nitrogen and oxygen atoms in total. The molecule has 6 heteroatoms. The van der Waals surface area contributed by atoms with E-state index in [2.05, 4.69) is 25.9 Å². The van der Waals surface area contributed by atoms with Crippen molar-refractivity contribution in [1.29, 1.82) is 0 Å². The lowest BCUT2D eigenvalue weighted by Gasteiger charge is -2.21. The highest BCUT2D eigenvalue weighted by Gasteiger charge is 2.19. The SMILES string of the molecule is CCN(Cc1ccccn1)C(=O)c1cc(Br)cnc1Cl. The molecule has 0 saturated heterocycles. The van der Waals surface area contributed by atoms with Gasteiger partial charge in [0.05, 0.1) is 17.8 Å². The van der Waals surface area contributed by atoms with Crippen molar-refractivity contribution < 1.29 is 4.79 Å². The van der Waals surface area contributed by atoms with E-state index in [0.717, 1.165) is 10.2 Å². The van der Waals surface area contributed by atoms with Gasteiger partial charge in [0.2, 0.25) is 0 Å². The van der Waals surface area contributed by atoms with Crippen molar-refractivity contribution in [3.05, 3.63) is 57.5 Å². The molecule has 0 bridgehead atoms. The quantitative estimate of drug-likeness (QED) is 0.789. The maximum absolute atomic E-state index is 12.5. The van der Waals surface area contributed by atoms with E-state index in [9.17, 15) is 4.79 Å². The van der Waals surface area contributed by atoms with Crippen LogP contribution in [0.2, 0.25) is 5.15 Å². The number of amides is 1. The Hall–Kier alpha value is -1.46. The maximum Gasteiger partial charge on any atom is 0.257 e. The number of aromatic nitrogens is 2. The van der Waals surface area contributed by atoms with E-state index in [1.54, 1.807) is 23.4 Å². The molecular formula is C14H13BrClN3O. The van der Waals surface area contributed by atoms with Gasteiger partial charge in [0, 0.05) is 23.4 Å². The Labute approximate surface area is 130 Å². The molecule has 0 aliphatic heterocycles. The predicted molar refractivity (Wildman–Crippen MR) is 81.6 cm³/mol. The Kier molecular flexibility index (Phi) is 5.09. The van der Waals surface area contributed by atoms with Gasteiger partial charge in [-0.25, -0.2) is 4.98 Å². The largest absolute Gasteiger partial charge is 0.333 e. The summed E-state index contributed by atoms with van der Waals surface area (Å²) in [6.07, 6.45) is 3.27. The third kappa shape index (κ3) is 3.55. The molecule has 0 spiro atoms. The predicted octanol–water partition coefficient (Wildman–Crippen LogP) is 3.55. The minimum Gasteiger partial charge on any atom is -0.333 e. The summed E-state index contributed by atoms with van der Waals surface area (Å²) in [5.41, 5.74) is 1.22. The summed E-state index contributed by atoms with van der Waals surface area (Å²) in [5.74, 6) is -0.156. The highest BCUT2D eigenvalue weighted by Crippen LogP contribution is 2.20. The number of rotatable bonds is 4. The van der Waals surface area contributed by atoms with Crippen LogP contribution >= 0.6 is 27.5 Å². The smallest absolute Gasteiger partial charge is 0.257 e. The van der Waals surface area contributed by atoms with Crippen LogP contribution in [-0.2, 0) is 6.54 Å². The van der Waals surface area contributed by atoms with Crippen LogP contribution in [0.3, 0.4) is 0 Å². The molecule has 0 fully saturated rings. The highest BCUT2D eigenvalue weighted by atomic mass is 79.9. The number of pyridine rings is 2. The van der Waals surface area contributed by atoms with Gasteiger partial charge in [-0.3, -0.25) is 9.78 Å². The molecular weight excluding hydrogens is 342 g/mol. The number of carbonyl (C=O) groups is 1. The zero-order chi connectivity index (χ0) is 14.5. The first-order valence-corrected chi connectivity index (χ1v) is 7.29. The number of nitrogens with zero attached hydrogens (tertiary/aromatic N) is 3. The van der Waals surface area contributed by atoms with Crippen LogP contribution in [-0.4, -0.2) is 27.3 Å². The van der Waals surface area contributed by atoms with Crippen molar-refractivity contribution in [2.45, 2.75) is 13.5 Å². The first-order valence-electron chi connectivity index (χ1n) is 6.12. The summed E-state index contributed by atoms with van der Waals surface area (Å²) >= 11 is 9.30. The summed E-state index contributed by atoms with van der Waals surface area (Å²) in [6, 6.07) is 7.31. The molecule has 0 aliphatic carbocycles. The molecule has 104 valence electrons. The van der Waals surface area contributed by atoms with Crippen LogP contribution in [0.4, 0.5) is 0 Å². The molecule has 0 saturated carbocycles. The average Bonchev–Trinajstić information content (AvgIpc) is 2.47. The number of hydrogen-bond donors (Lipinski definition) is 0. The average molecular weight is 355 g/mol. The van der Waals surface area contributed by atoms with Crippen LogP contribution in [0.25, 0.3) is 0 Å². The Morgan fingerprint density at radius 3 is 2.85 bits per heavy atom. The first-order chi connectivity index (χ1) is 9.61. The Morgan fingerprint density at radius 2 is 2.20 bits per heavy atom. The van der Waals surface area contributed by atoms with E-state index in [-0.39, 0.29) is 11.1 Å².